The summed E-state index contributed by atoms with van der Waals surface area (Å²) < 4.78 is 25.9. The van der Waals surface area contributed by atoms with Gasteiger partial charge < -0.3 is 4.90 Å². The fraction of sp³-hybridized carbons (Fsp3) is 0.615. The van der Waals surface area contributed by atoms with Crippen LogP contribution in [0.3, 0.4) is 0 Å². The number of likely N-dealkylation sites (N-methyl/N-ethyl adjacent to an activating group) is 1. The van der Waals surface area contributed by atoms with Gasteiger partial charge in [-0.15, -0.1) is 11.3 Å². The molecule has 20 heavy (non-hydrogen) atoms. The standard InChI is InChI=1S/C13H20N2O3S2/c1-11-5-7-15(8-6-11)12(16)10-14(2)20(17,18)13-4-3-9-19-13/h3-4,9,11H,5-8,10H2,1-2H3. The quantitative estimate of drug-likeness (QED) is 0.848. The third-order valence-electron chi connectivity index (χ3n) is 3.65. The molecule has 0 atom stereocenters. The topological polar surface area (TPSA) is 57.7 Å². The molecule has 1 saturated heterocycles. The van der Waals surface area contributed by atoms with Crippen molar-refractivity contribution in [3.05, 3.63) is 17.5 Å². The van der Waals surface area contributed by atoms with E-state index in [1.807, 2.05) is 0 Å². The molecule has 1 aliphatic rings. The van der Waals surface area contributed by atoms with Crippen molar-refractivity contribution in [1.29, 1.82) is 0 Å². The van der Waals surface area contributed by atoms with Gasteiger partial charge in [0.15, 0.2) is 0 Å². The second-order valence-corrected chi connectivity index (χ2v) is 8.48. The van der Waals surface area contributed by atoms with Gasteiger partial charge in [0.2, 0.25) is 5.91 Å². The Labute approximate surface area is 124 Å². The van der Waals surface area contributed by atoms with Crippen LogP contribution in [0.25, 0.3) is 0 Å². The van der Waals surface area contributed by atoms with E-state index >= 15 is 0 Å². The van der Waals surface area contributed by atoms with Gasteiger partial charge in [-0.05, 0) is 30.2 Å². The summed E-state index contributed by atoms with van der Waals surface area (Å²) in [6, 6.07) is 3.25. The number of carbonyl (C=O) groups excluding carboxylic acids is 1. The fourth-order valence-corrected chi connectivity index (χ4v) is 4.52. The Balaban J connectivity index is 1.97. The van der Waals surface area contributed by atoms with Crippen LogP contribution in [0, 0.1) is 5.92 Å². The summed E-state index contributed by atoms with van der Waals surface area (Å²) in [6.45, 7) is 3.55. The van der Waals surface area contributed by atoms with Crippen molar-refractivity contribution >= 4 is 27.3 Å². The molecular formula is C13H20N2O3S2. The molecule has 0 spiro atoms. The van der Waals surface area contributed by atoms with Gasteiger partial charge >= 0.3 is 0 Å². The van der Waals surface area contributed by atoms with E-state index in [4.69, 9.17) is 0 Å². The third-order valence-corrected chi connectivity index (χ3v) is 6.83. The molecule has 0 N–H and O–H groups in total. The number of nitrogens with zero attached hydrogens (tertiary/aromatic N) is 2. The molecule has 1 amide bonds. The van der Waals surface area contributed by atoms with Gasteiger partial charge in [0.05, 0.1) is 6.54 Å². The molecule has 1 aromatic heterocycles. The monoisotopic (exact) mass is 316 g/mol. The number of rotatable bonds is 4. The van der Waals surface area contributed by atoms with Gasteiger partial charge in [0.1, 0.15) is 4.21 Å². The minimum absolute atomic E-state index is 0.0887. The third kappa shape index (κ3) is 3.39. The highest BCUT2D eigenvalue weighted by atomic mass is 32.2. The molecule has 112 valence electrons. The molecule has 0 unspecified atom stereocenters. The van der Waals surface area contributed by atoms with Crippen molar-refractivity contribution in [3.63, 3.8) is 0 Å². The summed E-state index contributed by atoms with van der Waals surface area (Å²) in [6.07, 6.45) is 1.99. The Bertz CT molecular complexity index is 546. The largest absolute Gasteiger partial charge is 0.342 e. The minimum atomic E-state index is -3.54. The van der Waals surface area contributed by atoms with Gasteiger partial charge in [0.25, 0.3) is 10.0 Å². The lowest BCUT2D eigenvalue weighted by Crippen LogP contribution is -2.44. The molecular weight excluding hydrogens is 296 g/mol. The first kappa shape index (κ1) is 15.5. The molecule has 1 aliphatic heterocycles. The van der Waals surface area contributed by atoms with E-state index in [9.17, 15) is 13.2 Å². The van der Waals surface area contributed by atoms with E-state index in [0.717, 1.165) is 30.2 Å². The van der Waals surface area contributed by atoms with Crippen molar-refractivity contribution in [2.24, 2.45) is 5.92 Å². The van der Waals surface area contributed by atoms with Crippen LogP contribution in [-0.4, -0.2) is 50.2 Å². The summed E-state index contributed by atoms with van der Waals surface area (Å²) in [5.41, 5.74) is 0. The maximum Gasteiger partial charge on any atom is 0.252 e. The number of sulfonamides is 1. The van der Waals surface area contributed by atoms with Crippen LogP contribution in [0.5, 0.6) is 0 Å². The zero-order valence-electron chi connectivity index (χ0n) is 11.8. The zero-order valence-corrected chi connectivity index (χ0v) is 13.4. The predicted molar refractivity (Wildman–Crippen MR) is 79.1 cm³/mol. The molecule has 2 heterocycles. The molecule has 1 aromatic rings. The molecule has 0 bridgehead atoms. The van der Waals surface area contributed by atoms with Crippen molar-refractivity contribution in [3.8, 4) is 0 Å². The van der Waals surface area contributed by atoms with Gasteiger partial charge in [-0.2, -0.15) is 4.31 Å². The molecule has 0 saturated carbocycles. The SMILES string of the molecule is CC1CCN(C(=O)CN(C)S(=O)(=O)c2cccs2)CC1. The first-order valence-corrected chi connectivity index (χ1v) is 9.01. The number of hydrogen-bond donors (Lipinski definition) is 0. The van der Waals surface area contributed by atoms with Crippen LogP contribution < -0.4 is 0 Å². The first-order valence-electron chi connectivity index (χ1n) is 6.69. The second kappa shape index (κ2) is 6.24. The maximum absolute atomic E-state index is 12.2. The smallest absolute Gasteiger partial charge is 0.252 e. The summed E-state index contributed by atoms with van der Waals surface area (Å²) >= 11 is 1.17. The molecule has 0 radical (unpaired) electrons. The lowest BCUT2D eigenvalue weighted by molar-refractivity contribution is -0.132. The van der Waals surface area contributed by atoms with E-state index in [1.54, 1.807) is 22.4 Å². The van der Waals surface area contributed by atoms with Crippen molar-refractivity contribution in [1.82, 2.24) is 9.21 Å². The van der Waals surface area contributed by atoms with Crippen molar-refractivity contribution in [2.75, 3.05) is 26.7 Å². The van der Waals surface area contributed by atoms with Gasteiger partial charge in [0, 0.05) is 20.1 Å². The van der Waals surface area contributed by atoms with Crippen LogP contribution >= 0.6 is 11.3 Å². The number of piperidine rings is 1. The van der Waals surface area contributed by atoms with Crippen LogP contribution in [0.15, 0.2) is 21.7 Å². The van der Waals surface area contributed by atoms with Crippen LogP contribution in [-0.2, 0) is 14.8 Å². The highest BCUT2D eigenvalue weighted by Crippen LogP contribution is 2.20. The van der Waals surface area contributed by atoms with Gasteiger partial charge in [-0.1, -0.05) is 13.0 Å². The van der Waals surface area contributed by atoms with E-state index in [0.29, 0.717) is 5.92 Å². The Kier molecular flexibility index (Phi) is 4.82. The highest BCUT2D eigenvalue weighted by Gasteiger charge is 2.27. The number of thiophene rings is 1. The molecule has 1 fully saturated rings. The zero-order chi connectivity index (χ0) is 14.8. The Morgan fingerprint density at radius 1 is 1.45 bits per heavy atom. The summed E-state index contributed by atoms with van der Waals surface area (Å²) in [5.74, 6) is 0.533. The van der Waals surface area contributed by atoms with E-state index in [-0.39, 0.29) is 16.7 Å². The van der Waals surface area contributed by atoms with Gasteiger partial charge in [-0.25, -0.2) is 8.42 Å². The number of carbonyl (C=O) groups is 1. The van der Waals surface area contributed by atoms with E-state index < -0.39 is 10.0 Å². The summed E-state index contributed by atoms with van der Waals surface area (Å²) in [4.78, 5) is 13.9. The predicted octanol–water partition coefficient (Wildman–Crippen LogP) is 1.63. The summed E-state index contributed by atoms with van der Waals surface area (Å²) in [5, 5.41) is 1.72. The average molecular weight is 316 g/mol. The number of amides is 1. The van der Waals surface area contributed by atoms with Crippen LogP contribution in [0.1, 0.15) is 19.8 Å². The summed E-state index contributed by atoms with van der Waals surface area (Å²) in [7, 11) is -2.08. The van der Waals surface area contributed by atoms with Gasteiger partial charge in [-0.3, -0.25) is 4.79 Å². The maximum atomic E-state index is 12.2. The van der Waals surface area contributed by atoms with E-state index in [1.165, 1.54) is 18.4 Å². The molecule has 5 nitrogen and oxygen atoms in total. The van der Waals surface area contributed by atoms with Crippen LogP contribution in [0.2, 0.25) is 0 Å². The minimum Gasteiger partial charge on any atom is -0.342 e. The molecule has 0 aliphatic carbocycles. The Morgan fingerprint density at radius 3 is 2.65 bits per heavy atom. The molecule has 2 rings (SSSR count). The lowest BCUT2D eigenvalue weighted by atomic mass is 9.99. The first-order chi connectivity index (χ1) is 9.41. The highest BCUT2D eigenvalue weighted by molar-refractivity contribution is 7.91. The van der Waals surface area contributed by atoms with Crippen molar-refractivity contribution in [2.45, 2.75) is 24.0 Å². The average Bonchev–Trinajstić information content (AvgIpc) is 2.93. The normalized spacial score (nSPS) is 17.6. The molecule has 0 aromatic carbocycles. The second-order valence-electron chi connectivity index (χ2n) is 5.26. The van der Waals surface area contributed by atoms with Crippen molar-refractivity contribution < 1.29 is 13.2 Å². The van der Waals surface area contributed by atoms with E-state index in [2.05, 4.69) is 6.92 Å². The lowest BCUT2D eigenvalue weighted by Gasteiger charge is -2.31. The number of hydrogen-bond acceptors (Lipinski definition) is 4. The Hall–Kier alpha value is -0.920. The molecule has 7 heteroatoms. The number of likely N-dealkylation sites (tertiary alicyclic amines) is 1. The Morgan fingerprint density at radius 2 is 2.10 bits per heavy atom. The fourth-order valence-electron chi connectivity index (χ4n) is 2.20. The van der Waals surface area contributed by atoms with Crippen LogP contribution in [0.4, 0.5) is 0 Å².